The third-order valence-corrected chi connectivity index (χ3v) is 9.76. The average molecular weight is 550 g/mol. The molecule has 4 aromatic rings. The molecule has 0 saturated carbocycles. The van der Waals surface area contributed by atoms with Crippen molar-refractivity contribution in [3.05, 3.63) is 83.9 Å². The summed E-state index contributed by atoms with van der Waals surface area (Å²) in [5, 5.41) is 0.636. The van der Waals surface area contributed by atoms with Crippen molar-refractivity contribution in [1.29, 1.82) is 0 Å². The van der Waals surface area contributed by atoms with E-state index in [1.807, 2.05) is 62.4 Å². The molecule has 0 radical (unpaired) electrons. The van der Waals surface area contributed by atoms with E-state index in [9.17, 15) is 13.2 Å². The predicted octanol–water partition coefficient (Wildman–Crippen LogP) is 5.64. The Bertz CT molecular complexity index is 1510. The Kier molecular flexibility index (Phi) is 7.78. The van der Waals surface area contributed by atoms with Gasteiger partial charge in [-0.25, -0.2) is 13.4 Å². The summed E-state index contributed by atoms with van der Waals surface area (Å²) in [7, 11) is -3.59. The van der Waals surface area contributed by atoms with Crippen LogP contribution in [0.15, 0.2) is 77.7 Å². The van der Waals surface area contributed by atoms with E-state index in [1.54, 1.807) is 29.2 Å². The predicted molar refractivity (Wildman–Crippen MR) is 151 cm³/mol. The highest BCUT2D eigenvalue weighted by atomic mass is 32.2. The third kappa shape index (κ3) is 5.60. The SMILES string of the molecule is CCOc1ccc2nc(N(Cc3ccccc3)C(=O)C3CCN(S(=O)(=O)c4ccc(C)cc4)CC3)sc2c1. The molecule has 1 saturated heterocycles. The summed E-state index contributed by atoms with van der Waals surface area (Å²) in [6.45, 7) is 5.47. The lowest BCUT2D eigenvalue weighted by Crippen LogP contribution is -2.44. The van der Waals surface area contributed by atoms with Crippen LogP contribution in [-0.4, -0.2) is 43.3 Å². The number of ether oxygens (including phenoxy) is 1. The molecule has 0 aliphatic carbocycles. The minimum Gasteiger partial charge on any atom is -0.494 e. The molecule has 0 atom stereocenters. The summed E-state index contributed by atoms with van der Waals surface area (Å²) >= 11 is 1.47. The van der Waals surface area contributed by atoms with E-state index in [0.717, 1.165) is 27.1 Å². The number of aromatic nitrogens is 1. The number of piperidine rings is 1. The number of rotatable bonds is 8. The van der Waals surface area contributed by atoms with Gasteiger partial charge < -0.3 is 4.74 Å². The number of amides is 1. The van der Waals surface area contributed by atoms with E-state index in [1.165, 1.54) is 15.6 Å². The van der Waals surface area contributed by atoms with Gasteiger partial charge in [0, 0.05) is 19.0 Å². The smallest absolute Gasteiger partial charge is 0.243 e. The average Bonchev–Trinajstić information content (AvgIpc) is 3.36. The van der Waals surface area contributed by atoms with Gasteiger partial charge in [-0.3, -0.25) is 9.69 Å². The molecule has 1 aromatic heterocycles. The minimum atomic E-state index is -3.59. The Morgan fingerprint density at radius 3 is 2.45 bits per heavy atom. The van der Waals surface area contributed by atoms with Gasteiger partial charge in [0.2, 0.25) is 15.9 Å². The minimum absolute atomic E-state index is 0.0228. The first-order valence-electron chi connectivity index (χ1n) is 12.8. The summed E-state index contributed by atoms with van der Waals surface area (Å²) in [4.78, 5) is 20.8. The molecule has 0 unspecified atom stereocenters. The lowest BCUT2D eigenvalue weighted by Gasteiger charge is -2.33. The third-order valence-electron chi connectivity index (χ3n) is 6.80. The standard InChI is InChI=1S/C29H31N3O4S2/c1-3-36-24-11-14-26-27(19-24)37-29(30-26)32(20-22-7-5-4-6-8-22)28(33)23-15-17-31(18-16-23)38(34,35)25-12-9-21(2)10-13-25/h4-14,19,23H,3,15-18,20H2,1-2H3. The molecule has 2 heterocycles. The summed E-state index contributed by atoms with van der Waals surface area (Å²) < 4.78 is 34.4. The van der Waals surface area contributed by atoms with E-state index in [-0.39, 0.29) is 11.8 Å². The van der Waals surface area contributed by atoms with Crippen LogP contribution >= 0.6 is 11.3 Å². The van der Waals surface area contributed by atoms with Crippen molar-refractivity contribution in [3.8, 4) is 5.75 Å². The van der Waals surface area contributed by atoms with E-state index >= 15 is 0 Å². The Balaban J connectivity index is 1.37. The van der Waals surface area contributed by atoms with Crippen LogP contribution in [-0.2, 0) is 21.4 Å². The highest BCUT2D eigenvalue weighted by Gasteiger charge is 2.35. The molecule has 7 nitrogen and oxygen atoms in total. The van der Waals surface area contributed by atoms with Crippen LogP contribution < -0.4 is 9.64 Å². The molecule has 1 aliphatic heterocycles. The Labute approximate surface area is 227 Å². The number of aryl methyl sites for hydroxylation is 1. The van der Waals surface area contributed by atoms with Gasteiger partial charge in [0.1, 0.15) is 5.75 Å². The maximum Gasteiger partial charge on any atom is 0.243 e. The highest BCUT2D eigenvalue weighted by Crippen LogP contribution is 2.34. The van der Waals surface area contributed by atoms with Gasteiger partial charge in [0.15, 0.2) is 5.13 Å². The van der Waals surface area contributed by atoms with Crippen molar-refractivity contribution < 1.29 is 17.9 Å². The maximum atomic E-state index is 13.9. The zero-order valence-corrected chi connectivity index (χ0v) is 23.2. The van der Waals surface area contributed by atoms with Gasteiger partial charge in [0.05, 0.1) is 28.3 Å². The molecule has 198 valence electrons. The number of sulfonamides is 1. The van der Waals surface area contributed by atoms with E-state index in [2.05, 4.69) is 0 Å². The van der Waals surface area contributed by atoms with Gasteiger partial charge in [-0.05, 0) is 62.6 Å². The fraction of sp³-hybridized carbons (Fsp3) is 0.310. The van der Waals surface area contributed by atoms with Crippen LogP contribution in [0, 0.1) is 12.8 Å². The van der Waals surface area contributed by atoms with Crippen LogP contribution in [0.4, 0.5) is 5.13 Å². The number of carbonyl (C=O) groups excluding carboxylic acids is 1. The molecule has 0 N–H and O–H groups in total. The van der Waals surface area contributed by atoms with E-state index in [4.69, 9.17) is 9.72 Å². The second-order valence-corrected chi connectivity index (χ2v) is 12.4. The summed E-state index contributed by atoms with van der Waals surface area (Å²) in [6, 6.07) is 22.5. The van der Waals surface area contributed by atoms with Gasteiger partial charge in [-0.2, -0.15) is 4.31 Å². The molecule has 3 aromatic carbocycles. The fourth-order valence-electron chi connectivity index (χ4n) is 4.69. The summed E-state index contributed by atoms with van der Waals surface area (Å²) in [6.07, 6.45) is 0.934. The molecule has 1 amide bonds. The number of benzene rings is 3. The number of fused-ring (bicyclic) bond motifs is 1. The molecule has 9 heteroatoms. The normalized spacial score (nSPS) is 15.0. The largest absolute Gasteiger partial charge is 0.494 e. The number of hydrogen-bond acceptors (Lipinski definition) is 6. The van der Waals surface area contributed by atoms with Crippen molar-refractivity contribution in [2.75, 3.05) is 24.6 Å². The van der Waals surface area contributed by atoms with Gasteiger partial charge in [-0.1, -0.05) is 59.4 Å². The first-order chi connectivity index (χ1) is 18.3. The number of thiazole rings is 1. The second kappa shape index (κ2) is 11.2. The van der Waals surface area contributed by atoms with Crippen molar-refractivity contribution in [2.24, 2.45) is 5.92 Å². The lowest BCUT2D eigenvalue weighted by atomic mass is 9.96. The molecule has 5 rings (SSSR count). The second-order valence-electron chi connectivity index (χ2n) is 9.46. The molecule has 0 bridgehead atoms. The van der Waals surface area contributed by atoms with E-state index in [0.29, 0.717) is 49.1 Å². The van der Waals surface area contributed by atoms with Crippen molar-refractivity contribution in [1.82, 2.24) is 9.29 Å². The van der Waals surface area contributed by atoms with Crippen molar-refractivity contribution in [2.45, 2.75) is 38.1 Å². The lowest BCUT2D eigenvalue weighted by molar-refractivity contribution is -0.123. The summed E-state index contributed by atoms with van der Waals surface area (Å²) in [5.41, 5.74) is 2.84. The number of carbonyl (C=O) groups is 1. The van der Waals surface area contributed by atoms with Crippen LogP contribution in [0.2, 0.25) is 0 Å². The monoisotopic (exact) mass is 549 g/mol. The fourth-order valence-corrected chi connectivity index (χ4v) is 7.16. The molecule has 0 spiro atoms. The number of anilines is 1. The first-order valence-corrected chi connectivity index (χ1v) is 15.1. The molecular weight excluding hydrogens is 518 g/mol. The van der Waals surface area contributed by atoms with Crippen LogP contribution in [0.3, 0.4) is 0 Å². The molecular formula is C29H31N3O4S2. The summed E-state index contributed by atoms with van der Waals surface area (Å²) in [5.74, 6) is 0.470. The zero-order chi connectivity index (χ0) is 26.7. The highest BCUT2D eigenvalue weighted by molar-refractivity contribution is 7.89. The topological polar surface area (TPSA) is 79.8 Å². The zero-order valence-electron chi connectivity index (χ0n) is 21.5. The van der Waals surface area contributed by atoms with Crippen LogP contribution in [0.25, 0.3) is 10.2 Å². The Hall–Kier alpha value is -3.27. The molecule has 38 heavy (non-hydrogen) atoms. The Morgan fingerprint density at radius 1 is 1.05 bits per heavy atom. The molecule has 1 fully saturated rings. The van der Waals surface area contributed by atoms with Crippen molar-refractivity contribution in [3.63, 3.8) is 0 Å². The van der Waals surface area contributed by atoms with Crippen molar-refractivity contribution >= 4 is 42.6 Å². The number of hydrogen-bond donors (Lipinski definition) is 0. The van der Waals surface area contributed by atoms with Gasteiger partial charge in [-0.15, -0.1) is 0 Å². The number of nitrogens with zero attached hydrogens (tertiary/aromatic N) is 3. The van der Waals surface area contributed by atoms with Crippen LogP contribution in [0.1, 0.15) is 30.9 Å². The quantitative estimate of drug-likeness (QED) is 0.284. The van der Waals surface area contributed by atoms with Gasteiger partial charge >= 0.3 is 0 Å². The first kappa shape index (κ1) is 26.3. The van der Waals surface area contributed by atoms with Gasteiger partial charge in [0.25, 0.3) is 0 Å². The van der Waals surface area contributed by atoms with E-state index < -0.39 is 10.0 Å². The Morgan fingerprint density at radius 2 is 1.76 bits per heavy atom. The van der Waals surface area contributed by atoms with Crippen LogP contribution in [0.5, 0.6) is 5.75 Å². The molecule has 1 aliphatic rings. The maximum absolute atomic E-state index is 13.9.